The summed E-state index contributed by atoms with van der Waals surface area (Å²) >= 11 is 3.46. The van der Waals surface area contributed by atoms with Gasteiger partial charge in [0.15, 0.2) is 0 Å². The second kappa shape index (κ2) is 7.29. The van der Waals surface area contributed by atoms with E-state index < -0.39 is 0 Å². The molecule has 0 heterocycles. The third-order valence-electron chi connectivity index (χ3n) is 2.23. The lowest BCUT2D eigenvalue weighted by Crippen LogP contribution is -2.33. The smallest absolute Gasteiger partial charge is 0.233 e. The van der Waals surface area contributed by atoms with Crippen LogP contribution >= 0.6 is 15.9 Å². The van der Waals surface area contributed by atoms with Gasteiger partial charge in [-0.25, -0.2) is 0 Å². The van der Waals surface area contributed by atoms with Crippen molar-refractivity contribution in [3.8, 4) is 5.75 Å². The van der Waals surface area contributed by atoms with Gasteiger partial charge in [0.25, 0.3) is 0 Å². The van der Waals surface area contributed by atoms with Crippen molar-refractivity contribution in [3.05, 3.63) is 28.2 Å². The first-order chi connectivity index (χ1) is 8.17. The van der Waals surface area contributed by atoms with E-state index in [2.05, 4.69) is 26.6 Å². The normalized spacial score (nSPS) is 10.1. The van der Waals surface area contributed by atoms with Crippen LogP contribution in [0.2, 0.25) is 0 Å². The van der Waals surface area contributed by atoms with E-state index in [4.69, 9.17) is 4.74 Å². The van der Waals surface area contributed by atoms with Crippen molar-refractivity contribution in [3.63, 3.8) is 0 Å². The maximum Gasteiger partial charge on any atom is 0.233 e. The number of hydrogen-bond donors (Lipinski definition) is 2. The van der Waals surface area contributed by atoms with Gasteiger partial charge in [-0.05, 0) is 30.7 Å². The molecule has 0 atom stereocenters. The molecule has 1 rings (SSSR count). The Hall–Kier alpha value is -1.07. The number of methoxy groups -OCH3 is 1. The fraction of sp³-hybridized carbons (Fsp3) is 0.417. The van der Waals surface area contributed by atoms with Crippen molar-refractivity contribution < 1.29 is 9.53 Å². The monoisotopic (exact) mass is 300 g/mol. The first-order valence-corrected chi connectivity index (χ1v) is 6.26. The summed E-state index contributed by atoms with van der Waals surface area (Å²) < 4.78 is 6.15. The molecule has 4 nitrogen and oxygen atoms in total. The standard InChI is InChI=1S/C12H17BrN2O2/c1-3-15-12(16)8-14-7-9-6-10(17-2)4-5-11(9)13/h4-6,14H,3,7-8H2,1-2H3,(H,15,16). The molecule has 2 N–H and O–H groups in total. The zero-order chi connectivity index (χ0) is 12.7. The van der Waals surface area contributed by atoms with Crippen LogP contribution in [0, 0.1) is 0 Å². The lowest BCUT2D eigenvalue weighted by molar-refractivity contribution is -0.120. The number of ether oxygens (including phenoxy) is 1. The SMILES string of the molecule is CCNC(=O)CNCc1cc(OC)ccc1Br. The summed E-state index contributed by atoms with van der Waals surface area (Å²) in [7, 11) is 1.63. The van der Waals surface area contributed by atoms with Crippen LogP contribution in [-0.2, 0) is 11.3 Å². The van der Waals surface area contributed by atoms with Crippen LogP contribution in [0.5, 0.6) is 5.75 Å². The van der Waals surface area contributed by atoms with Crippen molar-refractivity contribution in [2.75, 3.05) is 20.2 Å². The van der Waals surface area contributed by atoms with E-state index in [9.17, 15) is 4.79 Å². The first-order valence-electron chi connectivity index (χ1n) is 5.47. The van der Waals surface area contributed by atoms with Gasteiger partial charge in [-0.3, -0.25) is 4.79 Å². The van der Waals surface area contributed by atoms with Gasteiger partial charge in [0, 0.05) is 17.6 Å². The molecule has 0 aliphatic carbocycles. The summed E-state index contributed by atoms with van der Waals surface area (Å²) in [6.45, 7) is 3.49. The molecular formula is C12H17BrN2O2. The molecule has 0 unspecified atom stereocenters. The molecule has 5 heteroatoms. The third-order valence-corrected chi connectivity index (χ3v) is 3.00. The molecule has 0 spiro atoms. The van der Waals surface area contributed by atoms with E-state index >= 15 is 0 Å². The van der Waals surface area contributed by atoms with E-state index in [1.165, 1.54) is 0 Å². The van der Waals surface area contributed by atoms with Crippen LogP contribution in [0.4, 0.5) is 0 Å². The van der Waals surface area contributed by atoms with Crippen LogP contribution in [0.25, 0.3) is 0 Å². The molecule has 0 aliphatic rings. The van der Waals surface area contributed by atoms with Crippen LogP contribution in [0.1, 0.15) is 12.5 Å². The molecule has 0 fully saturated rings. The zero-order valence-corrected chi connectivity index (χ0v) is 11.6. The van der Waals surface area contributed by atoms with Crippen LogP contribution < -0.4 is 15.4 Å². The van der Waals surface area contributed by atoms with Gasteiger partial charge >= 0.3 is 0 Å². The Labute approximate surface area is 110 Å². The lowest BCUT2D eigenvalue weighted by Gasteiger charge is -2.08. The molecule has 0 aromatic heterocycles. The van der Waals surface area contributed by atoms with Gasteiger partial charge in [0.05, 0.1) is 13.7 Å². The minimum atomic E-state index is 0.00604. The average Bonchev–Trinajstić information content (AvgIpc) is 2.32. The maximum absolute atomic E-state index is 11.2. The molecule has 0 aliphatic heterocycles. The largest absolute Gasteiger partial charge is 0.497 e. The Bertz CT molecular complexity index is 383. The van der Waals surface area contributed by atoms with Gasteiger partial charge in [0.2, 0.25) is 5.91 Å². The number of likely N-dealkylation sites (N-methyl/N-ethyl adjacent to an activating group) is 1. The first kappa shape index (κ1) is 14.0. The summed E-state index contributed by atoms with van der Waals surface area (Å²) in [6.07, 6.45) is 0. The molecule has 1 aromatic carbocycles. The second-order valence-electron chi connectivity index (χ2n) is 3.51. The molecule has 0 saturated carbocycles. The minimum Gasteiger partial charge on any atom is -0.497 e. The quantitative estimate of drug-likeness (QED) is 0.840. The second-order valence-corrected chi connectivity index (χ2v) is 4.37. The van der Waals surface area contributed by atoms with Gasteiger partial charge < -0.3 is 15.4 Å². The van der Waals surface area contributed by atoms with Crippen LogP contribution in [0.15, 0.2) is 22.7 Å². The highest BCUT2D eigenvalue weighted by atomic mass is 79.9. The van der Waals surface area contributed by atoms with E-state index in [1.54, 1.807) is 7.11 Å². The number of amides is 1. The number of nitrogens with one attached hydrogen (secondary N) is 2. The van der Waals surface area contributed by atoms with E-state index in [0.717, 1.165) is 15.8 Å². The van der Waals surface area contributed by atoms with Crippen molar-refractivity contribution >= 4 is 21.8 Å². The summed E-state index contributed by atoms with van der Waals surface area (Å²) in [5.74, 6) is 0.814. The Morgan fingerprint density at radius 3 is 2.88 bits per heavy atom. The van der Waals surface area contributed by atoms with E-state index in [-0.39, 0.29) is 5.91 Å². The molecule has 1 aromatic rings. The minimum absolute atomic E-state index is 0.00604. The number of carbonyl (C=O) groups excluding carboxylic acids is 1. The van der Waals surface area contributed by atoms with Crippen LogP contribution in [0.3, 0.4) is 0 Å². The van der Waals surface area contributed by atoms with E-state index in [1.807, 2.05) is 25.1 Å². The van der Waals surface area contributed by atoms with Gasteiger partial charge in [-0.15, -0.1) is 0 Å². The van der Waals surface area contributed by atoms with Gasteiger partial charge in [-0.1, -0.05) is 15.9 Å². The Balaban J connectivity index is 2.48. The van der Waals surface area contributed by atoms with Crippen molar-refractivity contribution in [2.24, 2.45) is 0 Å². The molecule has 1 amide bonds. The Morgan fingerprint density at radius 2 is 2.24 bits per heavy atom. The average molecular weight is 301 g/mol. The van der Waals surface area contributed by atoms with Gasteiger partial charge in [0.1, 0.15) is 5.75 Å². The third kappa shape index (κ3) is 4.75. The van der Waals surface area contributed by atoms with Crippen molar-refractivity contribution in [1.82, 2.24) is 10.6 Å². The number of carbonyl (C=O) groups is 1. The van der Waals surface area contributed by atoms with E-state index in [0.29, 0.717) is 19.6 Å². The molecule has 0 bridgehead atoms. The molecule has 0 saturated heterocycles. The van der Waals surface area contributed by atoms with Gasteiger partial charge in [-0.2, -0.15) is 0 Å². The maximum atomic E-state index is 11.2. The number of hydrogen-bond acceptors (Lipinski definition) is 3. The Kier molecular flexibility index (Phi) is 6.00. The highest BCUT2D eigenvalue weighted by Crippen LogP contribution is 2.22. The lowest BCUT2D eigenvalue weighted by atomic mass is 10.2. The molecule has 0 radical (unpaired) electrons. The summed E-state index contributed by atoms with van der Waals surface area (Å²) in [5.41, 5.74) is 1.06. The fourth-order valence-electron chi connectivity index (χ4n) is 1.38. The molecule has 94 valence electrons. The number of halogens is 1. The summed E-state index contributed by atoms with van der Waals surface area (Å²) in [4.78, 5) is 11.2. The molecular weight excluding hydrogens is 284 g/mol. The summed E-state index contributed by atoms with van der Waals surface area (Å²) in [5, 5.41) is 5.81. The summed E-state index contributed by atoms with van der Waals surface area (Å²) in [6, 6.07) is 5.76. The molecule has 17 heavy (non-hydrogen) atoms. The van der Waals surface area contributed by atoms with Crippen molar-refractivity contribution in [1.29, 1.82) is 0 Å². The predicted octanol–water partition coefficient (Wildman–Crippen LogP) is 1.68. The zero-order valence-electron chi connectivity index (χ0n) is 10.0. The highest BCUT2D eigenvalue weighted by Gasteiger charge is 2.03. The topological polar surface area (TPSA) is 50.4 Å². The van der Waals surface area contributed by atoms with Crippen molar-refractivity contribution in [2.45, 2.75) is 13.5 Å². The predicted molar refractivity (Wildman–Crippen MR) is 71.1 cm³/mol. The fourth-order valence-corrected chi connectivity index (χ4v) is 1.77. The highest BCUT2D eigenvalue weighted by molar-refractivity contribution is 9.10. The van der Waals surface area contributed by atoms with Crippen LogP contribution in [-0.4, -0.2) is 26.1 Å². The Morgan fingerprint density at radius 1 is 1.47 bits per heavy atom. The number of rotatable bonds is 6. The number of benzene rings is 1.